The first-order valence-electron chi connectivity index (χ1n) is 8.51. The molecule has 7 heteroatoms. The van der Waals surface area contributed by atoms with Gasteiger partial charge in [0.15, 0.2) is 0 Å². The van der Waals surface area contributed by atoms with Gasteiger partial charge >= 0.3 is 0 Å². The molecule has 0 bridgehead atoms. The van der Waals surface area contributed by atoms with Crippen molar-refractivity contribution in [2.24, 2.45) is 0 Å². The first-order valence-corrected chi connectivity index (χ1v) is 8.51. The molecule has 0 radical (unpaired) electrons. The second-order valence-electron chi connectivity index (χ2n) is 6.06. The van der Waals surface area contributed by atoms with Crippen LogP contribution < -0.4 is 15.0 Å². The van der Waals surface area contributed by atoms with Crippen LogP contribution in [0.5, 0.6) is 5.75 Å². The van der Waals surface area contributed by atoms with Crippen LogP contribution in [-0.4, -0.2) is 55.5 Å². The summed E-state index contributed by atoms with van der Waals surface area (Å²) in [5.74, 6) is 0.574. The molecule has 136 valence electrons. The third-order valence-electron chi connectivity index (χ3n) is 4.42. The summed E-state index contributed by atoms with van der Waals surface area (Å²) in [6.07, 6.45) is 2.59. The van der Waals surface area contributed by atoms with Crippen LogP contribution in [0.4, 0.5) is 5.69 Å². The molecule has 0 spiro atoms. The van der Waals surface area contributed by atoms with Crippen LogP contribution >= 0.6 is 0 Å². The number of aromatic nitrogens is 1. The fraction of sp³-hybridized carbons (Fsp3) is 0.316. The van der Waals surface area contributed by atoms with Crippen molar-refractivity contribution in [2.45, 2.75) is 6.54 Å². The lowest BCUT2D eigenvalue weighted by molar-refractivity contribution is -0.118. The molecule has 0 atom stereocenters. The second kappa shape index (κ2) is 8.33. The zero-order valence-electron chi connectivity index (χ0n) is 14.7. The molecule has 1 aliphatic rings. The first kappa shape index (κ1) is 17.7. The van der Waals surface area contributed by atoms with Crippen molar-refractivity contribution >= 4 is 18.0 Å². The summed E-state index contributed by atoms with van der Waals surface area (Å²) in [4.78, 5) is 31.2. The Bertz CT molecular complexity index is 738. The van der Waals surface area contributed by atoms with E-state index < -0.39 is 0 Å². The molecule has 0 saturated carbocycles. The average molecular weight is 354 g/mol. The molecule has 1 aliphatic heterocycles. The molecule has 1 N–H and O–H groups in total. The van der Waals surface area contributed by atoms with Crippen molar-refractivity contribution in [2.75, 3.05) is 38.2 Å². The Morgan fingerprint density at radius 2 is 1.88 bits per heavy atom. The number of anilines is 1. The minimum Gasteiger partial charge on any atom is -0.497 e. The van der Waals surface area contributed by atoms with Gasteiger partial charge in [-0.1, -0.05) is 12.1 Å². The highest BCUT2D eigenvalue weighted by molar-refractivity contribution is 5.92. The summed E-state index contributed by atoms with van der Waals surface area (Å²) < 4.78 is 5.12. The van der Waals surface area contributed by atoms with Gasteiger partial charge in [-0.25, -0.2) is 4.98 Å². The van der Waals surface area contributed by atoms with Gasteiger partial charge in [0.05, 0.1) is 19.0 Å². The fourth-order valence-electron chi connectivity index (χ4n) is 2.81. The largest absolute Gasteiger partial charge is 0.497 e. The number of amides is 2. The van der Waals surface area contributed by atoms with Crippen LogP contribution in [0, 0.1) is 0 Å². The number of ether oxygens (including phenoxy) is 1. The van der Waals surface area contributed by atoms with E-state index in [2.05, 4.69) is 15.2 Å². The van der Waals surface area contributed by atoms with E-state index in [9.17, 15) is 9.59 Å². The summed E-state index contributed by atoms with van der Waals surface area (Å²) in [7, 11) is 1.62. The highest BCUT2D eigenvalue weighted by atomic mass is 16.5. The summed E-state index contributed by atoms with van der Waals surface area (Å²) in [6, 6.07) is 11.2. The lowest BCUT2D eigenvalue weighted by Crippen LogP contribution is -2.45. The molecule has 2 heterocycles. The monoisotopic (exact) mass is 354 g/mol. The summed E-state index contributed by atoms with van der Waals surface area (Å²) in [6.45, 7) is 3.37. The number of hydrogen-bond acceptors (Lipinski definition) is 5. The standard InChI is InChI=1S/C19H22N4O3/c1-26-17-5-2-15(3-6-17)12-21-19(25)18-7-4-16(13-20-18)23-10-8-22(14-24)9-11-23/h2-7,13-14H,8-12H2,1H3,(H,21,25). The predicted molar refractivity (Wildman–Crippen MR) is 98.3 cm³/mol. The number of carbonyl (C=O) groups is 2. The maximum Gasteiger partial charge on any atom is 0.270 e. The van der Waals surface area contributed by atoms with Crippen LogP contribution in [0.3, 0.4) is 0 Å². The molecule has 3 rings (SSSR count). The summed E-state index contributed by atoms with van der Waals surface area (Å²) >= 11 is 0. The summed E-state index contributed by atoms with van der Waals surface area (Å²) in [5, 5.41) is 2.86. The molecule has 1 fully saturated rings. The smallest absolute Gasteiger partial charge is 0.270 e. The van der Waals surface area contributed by atoms with E-state index >= 15 is 0 Å². The van der Waals surface area contributed by atoms with Gasteiger partial charge in [0.25, 0.3) is 5.91 Å². The van der Waals surface area contributed by atoms with Gasteiger partial charge < -0.3 is 19.9 Å². The van der Waals surface area contributed by atoms with Crippen molar-refractivity contribution in [3.8, 4) is 5.75 Å². The summed E-state index contributed by atoms with van der Waals surface area (Å²) in [5.41, 5.74) is 2.33. The number of carbonyl (C=O) groups excluding carboxylic acids is 2. The van der Waals surface area contributed by atoms with E-state index in [1.165, 1.54) is 0 Å². The Labute approximate surface area is 152 Å². The molecule has 0 aliphatic carbocycles. The molecular weight excluding hydrogens is 332 g/mol. The number of nitrogens with one attached hydrogen (secondary N) is 1. The van der Waals surface area contributed by atoms with Crippen molar-refractivity contribution in [1.82, 2.24) is 15.2 Å². The van der Waals surface area contributed by atoms with E-state index in [0.717, 1.165) is 36.5 Å². The number of piperazine rings is 1. The number of rotatable bonds is 6. The molecule has 1 aromatic carbocycles. The molecule has 1 saturated heterocycles. The van der Waals surface area contributed by atoms with Gasteiger partial charge in [0.1, 0.15) is 11.4 Å². The second-order valence-corrected chi connectivity index (χ2v) is 6.06. The predicted octanol–water partition coefficient (Wildman–Crippen LogP) is 1.30. The minimum absolute atomic E-state index is 0.210. The van der Waals surface area contributed by atoms with E-state index in [1.54, 1.807) is 24.3 Å². The zero-order chi connectivity index (χ0) is 18.4. The van der Waals surface area contributed by atoms with Crippen LogP contribution in [-0.2, 0) is 11.3 Å². The Morgan fingerprint density at radius 1 is 1.15 bits per heavy atom. The van der Waals surface area contributed by atoms with E-state index in [1.807, 2.05) is 30.3 Å². The van der Waals surface area contributed by atoms with Gasteiger partial charge in [0.2, 0.25) is 6.41 Å². The SMILES string of the molecule is COc1ccc(CNC(=O)c2ccc(N3CCN(C=O)CC3)cn2)cc1. The Hall–Kier alpha value is -3.09. The molecule has 0 unspecified atom stereocenters. The lowest BCUT2D eigenvalue weighted by atomic mass is 10.2. The van der Waals surface area contributed by atoms with Gasteiger partial charge in [0, 0.05) is 32.7 Å². The Morgan fingerprint density at radius 3 is 2.46 bits per heavy atom. The van der Waals surface area contributed by atoms with Crippen molar-refractivity contribution in [1.29, 1.82) is 0 Å². The molecule has 2 aromatic rings. The highest BCUT2D eigenvalue weighted by Gasteiger charge is 2.16. The third-order valence-corrected chi connectivity index (χ3v) is 4.42. The van der Waals surface area contributed by atoms with Crippen LogP contribution in [0.2, 0.25) is 0 Å². The Balaban J connectivity index is 1.54. The maximum atomic E-state index is 12.3. The fourth-order valence-corrected chi connectivity index (χ4v) is 2.81. The van der Waals surface area contributed by atoms with Gasteiger partial charge in [-0.3, -0.25) is 9.59 Å². The quantitative estimate of drug-likeness (QED) is 0.792. The van der Waals surface area contributed by atoms with Gasteiger partial charge in [-0.15, -0.1) is 0 Å². The highest BCUT2D eigenvalue weighted by Crippen LogP contribution is 2.15. The minimum atomic E-state index is -0.210. The molecule has 2 amide bonds. The van der Waals surface area contributed by atoms with Crippen molar-refractivity contribution < 1.29 is 14.3 Å². The normalized spacial score (nSPS) is 14.0. The number of methoxy groups -OCH3 is 1. The number of benzene rings is 1. The van der Waals surface area contributed by atoms with E-state index in [-0.39, 0.29) is 5.91 Å². The zero-order valence-corrected chi connectivity index (χ0v) is 14.7. The number of pyridine rings is 1. The first-order chi connectivity index (χ1) is 12.7. The average Bonchev–Trinajstić information content (AvgIpc) is 2.72. The maximum absolute atomic E-state index is 12.3. The molecular formula is C19H22N4O3. The lowest BCUT2D eigenvalue weighted by Gasteiger charge is -2.33. The number of hydrogen-bond donors (Lipinski definition) is 1. The van der Waals surface area contributed by atoms with Gasteiger partial charge in [-0.05, 0) is 29.8 Å². The van der Waals surface area contributed by atoms with E-state index in [4.69, 9.17) is 4.74 Å². The van der Waals surface area contributed by atoms with Crippen LogP contribution in [0.15, 0.2) is 42.6 Å². The van der Waals surface area contributed by atoms with Crippen molar-refractivity contribution in [3.63, 3.8) is 0 Å². The molecule has 1 aromatic heterocycles. The number of nitrogens with zero attached hydrogens (tertiary/aromatic N) is 3. The topological polar surface area (TPSA) is 74.8 Å². The van der Waals surface area contributed by atoms with Gasteiger partial charge in [-0.2, -0.15) is 0 Å². The molecule has 7 nitrogen and oxygen atoms in total. The third kappa shape index (κ3) is 4.30. The van der Waals surface area contributed by atoms with E-state index in [0.29, 0.717) is 25.3 Å². The molecule has 26 heavy (non-hydrogen) atoms. The van der Waals surface area contributed by atoms with Crippen molar-refractivity contribution in [3.05, 3.63) is 53.9 Å². The Kier molecular flexibility index (Phi) is 5.68. The van der Waals surface area contributed by atoms with Crippen LogP contribution in [0.1, 0.15) is 16.1 Å². The van der Waals surface area contributed by atoms with Crippen LogP contribution in [0.25, 0.3) is 0 Å².